The minimum absolute atomic E-state index is 0.150. The SMILES string of the molecule is COc1nc(-c2cccc(-c3cccc4c3CC[C@@H]4Nc3nc(OC)c(CNCC(=O)O)nc3C(F)(F)F)c2Cl)ccc1CNCC1CC(O)C1. The van der Waals surface area contributed by atoms with Crippen molar-refractivity contribution in [3.8, 4) is 34.1 Å². The topological polar surface area (TPSA) is 151 Å². The second-order valence-electron chi connectivity index (χ2n) is 12.6. The fourth-order valence-corrected chi connectivity index (χ4v) is 7.01. The Balaban J connectivity index is 1.25. The number of carboxylic acids is 1. The standard InChI is InChI=1S/C36H38ClF3N6O5/c1-50-34-20(16-41-15-19-13-21(47)14-19)9-11-28(45-34)26-8-4-7-25(31(26)37)22-5-3-6-24-23(22)10-12-27(24)44-33-32(36(38,39)40)43-29(35(46-33)51-2)17-42-18-30(48)49/h3-9,11,19,21,27,41-42,47H,10,12-18H2,1-2H3,(H,44,46)(H,48,49)/t19?,21?,27-/m0/s1. The van der Waals surface area contributed by atoms with Crippen molar-refractivity contribution >= 4 is 23.4 Å². The Morgan fingerprint density at radius 3 is 2.37 bits per heavy atom. The van der Waals surface area contributed by atoms with Crippen LogP contribution in [0.15, 0.2) is 48.5 Å². The first kappa shape index (κ1) is 36.3. The van der Waals surface area contributed by atoms with Gasteiger partial charge in [0.05, 0.1) is 43.6 Å². The van der Waals surface area contributed by atoms with Crippen molar-refractivity contribution < 1.29 is 37.7 Å². The third-order valence-corrected chi connectivity index (χ3v) is 9.61. The largest absolute Gasteiger partial charge is 0.481 e. The molecule has 1 fully saturated rings. The van der Waals surface area contributed by atoms with Crippen LogP contribution in [0.25, 0.3) is 22.4 Å². The van der Waals surface area contributed by atoms with Gasteiger partial charge < -0.3 is 35.6 Å². The zero-order valence-electron chi connectivity index (χ0n) is 28.0. The molecule has 5 N–H and O–H groups in total. The highest BCUT2D eigenvalue weighted by molar-refractivity contribution is 6.36. The number of ether oxygens (including phenoxy) is 2. The van der Waals surface area contributed by atoms with E-state index in [1.54, 1.807) is 7.11 Å². The summed E-state index contributed by atoms with van der Waals surface area (Å²) in [5.41, 5.74) is 4.22. The molecule has 1 atom stereocenters. The molecular formula is C36H38ClF3N6O5. The third-order valence-electron chi connectivity index (χ3n) is 9.20. The number of aliphatic hydroxyl groups excluding tert-OH is 1. The lowest BCUT2D eigenvalue weighted by Gasteiger charge is -2.31. The first-order valence-electron chi connectivity index (χ1n) is 16.5. The van der Waals surface area contributed by atoms with Crippen LogP contribution in [0.5, 0.6) is 11.8 Å². The molecule has 0 aliphatic heterocycles. The summed E-state index contributed by atoms with van der Waals surface area (Å²) in [4.78, 5) is 23.6. The quantitative estimate of drug-likeness (QED) is 0.104. The molecule has 2 aromatic carbocycles. The van der Waals surface area contributed by atoms with Crippen LogP contribution in [0.4, 0.5) is 19.0 Å². The number of aliphatic hydroxyl groups is 1. The van der Waals surface area contributed by atoms with Crippen molar-refractivity contribution in [3.63, 3.8) is 0 Å². The van der Waals surface area contributed by atoms with Gasteiger partial charge in [-0.3, -0.25) is 4.79 Å². The van der Waals surface area contributed by atoms with E-state index in [9.17, 15) is 23.1 Å². The highest BCUT2D eigenvalue weighted by Crippen LogP contribution is 2.44. The molecule has 0 spiro atoms. The summed E-state index contributed by atoms with van der Waals surface area (Å²) in [5, 5.41) is 27.8. The second-order valence-corrected chi connectivity index (χ2v) is 13.0. The number of anilines is 1. The number of carbonyl (C=O) groups is 1. The summed E-state index contributed by atoms with van der Waals surface area (Å²) in [6.07, 6.45) is -2.35. The number of methoxy groups -OCH3 is 2. The second kappa shape index (κ2) is 15.4. The van der Waals surface area contributed by atoms with Gasteiger partial charge in [-0.05, 0) is 60.9 Å². The van der Waals surface area contributed by atoms with E-state index in [0.717, 1.165) is 47.2 Å². The lowest BCUT2D eigenvalue weighted by molar-refractivity contribution is -0.141. The molecule has 51 heavy (non-hydrogen) atoms. The molecule has 2 aliphatic rings. The van der Waals surface area contributed by atoms with Crippen LogP contribution >= 0.6 is 11.6 Å². The van der Waals surface area contributed by atoms with Gasteiger partial charge in [0.15, 0.2) is 11.5 Å². The molecule has 11 nitrogen and oxygen atoms in total. The number of hydrogen-bond acceptors (Lipinski definition) is 10. The molecule has 0 bridgehead atoms. The van der Waals surface area contributed by atoms with E-state index in [-0.39, 0.29) is 24.2 Å². The Bertz CT molecular complexity index is 1910. The maximum Gasteiger partial charge on any atom is 0.437 e. The van der Waals surface area contributed by atoms with Crippen LogP contribution in [0, 0.1) is 5.92 Å². The molecular weight excluding hydrogens is 689 g/mol. The first-order chi connectivity index (χ1) is 24.5. The maximum absolute atomic E-state index is 14.2. The number of nitrogens with one attached hydrogen (secondary N) is 3. The van der Waals surface area contributed by atoms with Gasteiger partial charge >= 0.3 is 12.1 Å². The molecule has 270 valence electrons. The van der Waals surface area contributed by atoms with Crippen molar-refractivity contribution in [1.82, 2.24) is 25.6 Å². The Kier molecular flexibility index (Phi) is 11.0. The molecule has 1 saturated carbocycles. The van der Waals surface area contributed by atoms with E-state index >= 15 is 0 Å². The number of aliphatic carboxylic acids is 1. The fraction of sp³-hybridized carbons (Fsp3) is 0.389. The van der Waals surface area contributed by atoms with E-state index in [4.69, 9.17) is 31.2 Å². The van der Waals surface area contributed by atoms with Crippen LogP contribution in [-0.4, -0.2) is 64.5 Å². The smallest absolute Gasteiger partial charge is 0.437 e. The molecule has 2 aliphatic carbocycles. The fourth-order valence-electron chi connectivity index (χ4n) is 6.69. The molecule has 0 radical (unpaired) electrons. The van der Waals surface area contributed by atoms with Gasteiger partial charge in [0.1, 0.15) is 5.69 Å². The van der Waals surface area contributed by atoms with E-state index in [0.29, 0.717) is 47.5 Å². The van der Waals surface area contributed by atoms with E-state index in [2.05, 4.69) is 25.9 Å². The van der Waals surface area contributed by atoms with Crippen molar-refractivity contribution in [2.75, 3.05) is 32.6 Å². The van der Waals surface area contributed by atoms with Gasteiger partial charge in [-0.2, -0.15) is 18.2 Å². The van der Waals surface area contributed by atoms with Gasteiger partial charge in [-0.15, -0.1) is 0 Å². The number of aromatic nitrogens is 3. The molecule has 15 heteroatoms. The Hall–Kier alpha value is -4.50. The van der Waals surface area contributed by atoms with E-state index in [1.165, 1.54) is 7.11 Å². The van der Waals surface area contributed by atoms with E-state index < -0.39 is 36.2 Å². The minimum Gasteiger partial charge on any atom is -0.481 e. The Morgan fingerprint density at radius 1 is 0.941 bits per heavy atom. The lowest BCUT2D eigenvalue weighted by atomic mass is 9.82. The molecule has 4 aromatic rings. The highest BCUT2D eigenvalue weighted by Gasteiger charge is 2.39. The summed E-state index contributed by atoms with van der Waals surface area (Å²) in [5.74, 6) is -0.854. The summed E-state index contributed by atoms with van der Waals surface area (Å²) in [7, 11) is 2.83. The molecule has 2 heterocycles. The van der Waals surface area contributed by atoms with Gasteiger partial charge in [-0.25, -0.2) is 9.97 Å². The number of rotatable bonds is 14. The van der Waals surface area contributed by atoms with Crippen LogP contribution in [0.3, 0.4) is 0 Å². The monoisotopic (exact) mass is 726 g/mol. The van der Waals surface area contributed by atoms with E-state index in [1.807, 2.05) is 48.5 Å². The van der Waals surface area contributed by atoms with Crippen LogP contribution in [-0.2, 0) is 30.5 Å². The molecule has 0 amide bonds. The predicted molar refractivity (Wildman–Crippen MR) is 185 cm³/mol. The summed E-state index contributed by atoms with van der Waals surface area (Å²) < 4.78 is 53.6. The number of fused-ring (bicyclic) bond motifs is 1. The third kappa shape index (κ3) is 8.04. The van der Waals surface area contributed by atoms with Gasteiger partial charge in [0, 0.05) is 29.8 Å². The van der Waals surface area contributed by atoms with Crippen LogP contribution in [0.2, 0.25) is 5.02 Å². The Morgan fingerprint density at radius 2 is 1.67 bits per heavy atom. The minimum atomic E-state index is -4.84. The lowest BCUT2D eigenvalue weighted by Crippen LogP contribution is -2.35. The normalized spacial score (nSPS) is 18.2. The average molecular weight is 727 g/mol. The molecule has 0 saturated heterocycles. The van der Waals surface area contributed by atoms with Gasteiger partial charge in [0.25, 0.3) is 0 Å². The predicted octanol–water partition coefficient (Wildman–Crippen LogP) is 6.03. The highest BCUT2D eigenvalue weighted by atomic mass is 35.5. The van der Waals surface area contributed by atoms with Crippen molar-refractivity contribution in [2.45, 2.75) is 57.1 Å². The Labute approximate surface area is 297 Å². The van der Waals surface area contributed by atoms with Crippen molar-refractivity contribution in [2.24, 2.45) is 5.92 Å². The average Bonchev–Trinajstić information content (AvgIpc) is 3.50. The van der Waals surface area contributed by atoms with Crippen LogP contribution in [0.1, 0.15) is 53.4 Å². The summed E-state index contributed by atoms with van der Waals surface area (Å²) >= 11 is 7.08. The zero-order valence-corrected chi connectivity index (χ0v) is 28.7. The number of benzene rings is 2. The summed E-state index contributed by atoms with van der Waals surface area (Å²) in [6, 6.07) is 14.7. The van der Waals surface area contributed by atoms with Gasteiger partial charge in [-0.1, -0.05) is 54.1 Å². The molecule has 2 aromatic heterocycles. The summed E-state index contributed by atoms with van der Waals surface area (Å²) in [6.45, 7) is 0.624. The molecule has 6 rings (SSSR count). The number of carboxylic acid groups (broad SMARTS) is 1. The molecule has 0 unspecified atom stereocenters. The first-order valence-corrected chi connectivity index (χ1v) is 16.9. The maximum atomic E-state index is 14.2. The van der Waals surface area contributed by atoms with Gasteiger partial charge in [0.2, 0.25) is 11.8 Å². The van der Waals surface area contributed by atoms with Crippen molar-refractivity contribution in [3.05, 3.63) is 81.6 Å². The number of nitrogens with zero attached hydrogens (tertiary/aromatic N) is 3. The number of alkyl halides is 3. The number of pyridine rings is 1. The number of halogens is 4. The van der Waals surface area contributed by atoms with Crippen molar-refractivity contribution in [1.29, 1.82) is 0 Å². The number of hydrogen-bond donors (Lipinski definition) is 5. The van der Waals surface area contributed by atoms with Crippen LogP contribution < -0.4 is 25.4 Å². The zero-order chi connectivity index (χ0) is 36.3.